The van der Waals surface area contributed by atoms with E-state index in [1.165, 1.54) is 0 Å². The summed E-state index contributed by atoms with van der Waals surface area (Å²) < 4.78 is 5.36. The molecule has 1 aromatic heterocycles. The largest absolute Gasteiger partial charge is 0.444 e. The molecule has 0 bridgehead atoms. The molecule has 3 heterocycles. The normalized spacial score (nSPS) is 19.8. The molecule has 5 N–H and O–H groups in total. The summed E-state index contributed by atoms with van der Waals surface area (Å²) in [6.45, 7) is 8.47. The van der Waals surface area contributed by atoms with E-state index >= 15 is 0 Å². The third-order valence-corrected chi connectivity index (χ3v) is 10.7. The van der Waals surface area contributed by atoms with Crippen molar-refractivity contribution in [3.05, 3.63) is 77.1 Å². The van der Waals surface area contributed by atoms with Gasteiger partial charge >= 0.3 is 6.09 Å². The van der Waals surface area contributed by atoms with E-state index in [2.05, 4.69) is 31.6 Å². The quantitative estimate of drug-likeness (QED) is 0.157. The molecule has 5 amide bonds. The Labute approximate surface area is 327 Å². The van der Waals surface area contributed by atoms with E-state index in [4.69, 9.17) is 4.74 Å². The van der Waals surface area contributed by atoms with E-state index in [9.17, 15) is 28.8 Å². The first-order valence-electron chi connectivity index (χ1n) is 19.6. The Bertz CT molecular complexity index is 1980. The molecular weight excluding hydrogens is 713 g/mol. The second-order valence-corrected chi connectivity index (χ2v) is 16.3. The Balaban J connectivity index is 1.10. The van der Waals surface area contributed by atoms with E-state index in [1.54, 1.807) is 30.5 Å². The van der Waals surface area contributed by atoms with Gasteiger partial charge in [-0.25, -0.2) is 4.79 Å². The van der Waals surface area contributed by atoms with Crippen LogP contribution in [-0.2, 0) is 36.8 Å². The van der Waals surface area contributed by atoms with Gasteiger partial charge in [0.25, 0.3) is 5.91 Å². The van der Waals surface area contributed by atoms with Crippen molar-refractivity contribution < 1.29 is 33.5 Å². The van der Waals surface area contributed by atoms with Crippen molar-refractivity contribution >= 4 is 46.9 Å². The number of ketones is 1. The zero-order chi connectivity index (χ0) is 40.0. The molecule has 3 aliphatic rings. The fraction of sp³-hybridized carbons (Fsp3) is 0.465. The van der Waals surface area contributed by atoms with Crippen molar-refractivity contribution in [1.29, 1.82) is 0 Å². The molecule has 13 nitrogen and oxygen atoms in total. The SMILES string of the molecule is Cc1cc(C(=O)N[C@@H]2CCCNC2=O)ncc1-c1ccc(C[C@H](CC(=O)C2CCC(CNC(=O)OC(C)(C)C)CC2)C(=O)Nc2ccc3c(c2)CC(=O)N3)cc1. The number of hydrogen-bond acceptors (Lipinski definition) is 8. The van der Waals surface area contributed by atoms with E-state index in [0.29, 0.717) is 44.5 Å². The van der Waals surface area contributed by atoms with Gasteiger partial charge in [0.1, 0.15) is 23.1 Å². The summed E-state index contributed by atoms with van der Waals surface area (Å²) in [7, 11) is 0. The summed E-state index contributed by atoms with van der Waals surface area (Å²) >= 11 is 0. The van der Waals surface area contributed by atoms with Crippen LogP contribution in [0, 0.1) is 24.7 Å². The van der Waals surface area contributed by atoms with Crippen molar-refractivity contribution in [2.24, 2.45) is 17.8 Å². The first kappa shape index (κ1) is 40.1. The zero-order valence-corrected chi connectivity index (χ0v) is 32.6. The molecule has 0 spiro atoms. The van der Waals surface area contributed by atoms with Crippen LogP contribution < -0.4 is 26.6 Å². The van der Waals surface area contributed by atoms with Crippen molar-refractivity contribution in [2.45, 2.75) is 97.1 Å². The van der Waals surface area contributed by atoms with Crippen LogP contribution in [0.5, 0.6) is 0 Å². The Morgan fingerprint density at radius 2 is 1.71 bits per heavy atom. The summed E-state index contributed by atoms with van der Waals surface area (Å²) in [5.41, 5.74) is 5.22. The molecule has 1 saturated carbocycles. The minimum Gasteiger partial charge on any atom is -0.444 e. The molecule has 13 heteroatoms. The highest BCUT2D eigenvalue weighted by Gasteiger charge is 2.31. The fourth-order valence-corrected chi connectivity index (χ4v) is 7.68. The summed E-state index contributed by atoms with van der Waals surface area (Å²) in [5.74, 6) is -1.44. The molecule has 0 unspecified atom stereocenters. The molecule has 2 aromatic carbocycles. The number of fused-ring (bicyclic) bond motifs is 1. The number of amides is 5. The number of carbonyl (C=O) groups is 6. The number of anilines is 2. The van der Waals surface area contributed by atoms with Gasteiger partial charge < -0.3 is 31.3 Å². The number of Topliss-reactive ketones (excluding diaryl/α,β-unsaturated/α-hetero) is 1. The molecule has 0 radical (unpaired) electrons. The molecule has 1 aliphatic carbocycles. The number of aromatic nitrogens is 1. The lowest BCUT2D eigenvalue weighted by Gasteiger charge is -2.29. The maximum Gasteiger partial charge on any atom is 0.407 e. The average Bonchev–Trinajstić information content (AvgIpc) is 3.53. The van der Waals surface area contributed by atoms with Crippen LogP contribution in [-0.4, -0.2) is 65.2 Å². The van der Waals surface area contributed by atoms with Gasteiger partial charge in [-0.15, -0.1) is 0 Å². The highest BCUT2D eigenvalue weighted by Crippen LogP contribution is 2.32. The van der Waals surface area contributed by atoms with Gasteiger partial charge in [-0.3, -0.25) is 29.0 Å². The van der Waals surface area contributed by atoms with Crippen LogP contribution >= 0.6 is 0 Å². The Morgan fingerprint density at radius 1 is 0.964 bits per heavy atom. The van der Waals surface area contributed by atoms with Crippen LogP contribution in [0.4, 0.5) is 16.2 Å². The number of ether oxygens (including phenoxy) is 1. The Morgan fingerprint density at radius 3 is 2.41 bits per heavy atom. The highest BCUT2D eigenvalue weighted by molar-refractivity contribution is 6.01. The zero-order valence-electron chi connectivity index (χ0n) is 32.6. The van der Waals surface area contributed by atoms with E-state index < -0.39 is 29.6 Å². The molecule has 296 valence electrons. The number of piperidine rings is 1. The van der Waals surface area contributed by atoms with E-state index in [1.807, 2.05) is 52.0 Å². The first-order chi connectivity index (χ1) is 26.7. The van der Waals surface area contributed by atoms with Crippen LogP contribution in [0.25, 0.3) is 11.1 Å². The van der Waals surface area contributed by atoms with E-state index in [0.717, 1.165) is 52.8 Å². The summed E-state index contributed by atoms with van der Waals surface area (Å²) in [6.07, 6.45) is 6.23. The molecule has 6 rings (SSSR count). The monoisotopic (exact) mass is 764 g/mol. The number of pyridine rings is 1. The maximum absolute atomic E-state index is 13.9. The van der Waals surface area contributed by atoms with Gasteiger partial charge in [0.2, 0.25) is 17.7 Å². The van der Waals surface area contributed by atoms with Crippen molar-refractivity contribution in [1.82, 2.24) is 20.9 Å². The van der Waals surface area contributed by atoms with Gasteiger partial charge in [0, 0.05) is 54.5 Å². The lowest BCUT2D eigenvalue weighted by Crippen LogP contribution is -2.50. The fourth-order valence-electron chi connectivity index (χ4n) is 7.68. The molecule has 2 fully saturated rings. The number of carbonyl (C=O) groups excluding carboxylic acids is 6. The van der Waals surface area contributed by atoms with Gasteiger partial charge in [0.05, 0.1) is 6.42 Å². The number of hydrogen-bond donors (Lipinski definition) is 5. The highest BCUT2D eigenvalue weighted by atomic mass is 16.6. The van der Waals surface area contributed by atoms with E-state index in [-0.39, 0.29) is 53.9 Å². The molecule has 1 saturated heterocycles. The molecule has 56 heavy (non-hydrogen) atoms. The second kappa shape index (κ2) is 17.5. The Kier molecular flexibility index (Phi) is 12.5. The third kappa shape index (κ3) is 10.6. The predicted octanol–water partition coefficient (Wildman–Crippen LogP) is 5.65. The van der Waals surface area contributed by atoms with Gasteiger partial charge in [0.15, 0.2) is 0 Å². The van der Waals surface area contributed by atoms with Crippen molar-refractivity contribution in [3.8, 4) is 11.1 Å². The molecule has 2 aliphatic heterocycles. The predicted molar refractivity (Wildman–Crippen MR) is 212 cm³/mol. The maximum atomic E-state index is 13.9. The van der Waals surface area contributed by atoms with Crippen molar-refractivity contribution in [2.75, 3.05) is 23.7 Å². The number of nitrogens with one attached hydrogen (secondary N) is 5. The average molecular weight is 765 g/mol. The van der Waals surface area contributed by atoms with Gasteiger partial charge in [-0.1, -0.05) is 24.3 Å². The number of nitrogens with zero attached hydrogens (tertiary/aromatic N) is 1. The summed E-state index contributed by atoms with van der Waals surface area (Å²) in [5, 5.41) is 14.2. The Hall–Kier alpha value is -5.59. The minimum absolute atomic E-state index is 0.0546. The topological polar surface area (TPSA) is 185 Å². The molecule has 2 atom stereocenters. The smallest absolute Gasteiger partial charge is 0.407 e. The standard InChI is InChI=1S/C43H52N6O7/c1-25-18-36(41(54)49-35-6-5-17-44-40(35)53)45-24-33(25)28-11-7-26(8-12-28)19-31(39(52)47-32-15-16-34-30(20-32)22-38(51)48-34)21-37(50)29-13-9-27(10-14-29)23-46-42(55)56-43(2,3)4/h7-8,11-12,15-16,18,20,24,27,29,31,35H,5-6,9-10,13-14,17,19,21-23H2,1-4H3,(H,44,53)(H,46,55)(H,47,52)(H,48,51)(H,49,54)/t27?,29?,31-,35-/m1/s1. The lowest BCUT2D eigenvalue weighted by atomic mass is 9.77. The summed E-state index contributed by atoms with van der Waals surface area (Å²) in [6, 6.07) is 14.2. The second-order valence-electron chi connectivity index (χ2n) is 16.3. The van der Waals surface area contributed by atoms with Crippen LogP contribution in [0.2, 0.25) is 0 Å². The van der Waals surface area contributed by atoms with Gasteiger partial charge in [-0.05, 0) is 125 Å². The lowest BCUT2D eigenvalue weighted by molar-refractivity contribution is -0.129. The number of aryl methyl sites for hydroxylation is 1. The number of rotatable bonds is 12. The first-order valence-corrected chi connectivity index (χ1v) is 19.6. The molecule has 3 aromatic rings. The summed E-state index contributed by atoms with van der Waals surface area (Å²) in [4.78, 5) is 81.1. The van der Waals surface area contributed by atoms with Crippen LogP contribution in [0.1, 0.15) is 92.9 Å². The van der Waals surface area contributed by atoms with Crippen molar-refractivity contribution in [3.63, 3.8) is 0 Å². The van der Waals surface area contributed by atoms with Gasteiger partial charge in [-0.2, -0.15) is 0 Å². The van der Waals surface area contributed by atoms with Crippen LogP contribution in [0.3, 0.4) is 0 Å². The number of alkyl carbamates (subject to hydrolysis) is 1. The van der Waals surface area contributed by atoms with Crippen LogP contribution in [0.15, 0.2) is 54.7 Å². The third-order valence-electron chi connectivity index (χ3n) is 10.7. The minimum atomic E-state index is -0.639. The number of benzene rings is 2. The molecular formula is C43H52N6O7.